The minimum atomic E-state index is -0.0701. The Morgan fingerprint density at radius 1 is 1.17 bits per heavy atom. The fourth-order valence-electron chi connectivity index (χ4n) is 3.03. The summed E-state index contributed by atoms with van der Waals surface area (Å²) in [6, 6.07) is 16.5. The molecule has 0 aliphatic heterocycles. The fourth-order valence-corrected chi connectivity index (χ4v) is 4.78. The van der Waals surface area contributed by atoms with Gasteiger partial charge in [-0.15, -0.1) is 16.4 Å². The van der Waals surface area contributed by atoms with E-state index < -0.39 is 0 Å². The van der Waals surface area contributed by atoms with Crippen LogP contribution in [0.5, 0.6) is 0 Å². The van der Waals surface area contributed by atoms with Gasteiger partial charge in [-0.3, -0.25) is 4.79 Å². The van der Waals surface area contributed by atoms with Crippen molar-refractivity contribution < 1.29 is 4.79 Å². The highest BCUT2D eigenvalue weighted by Crippen LogP contribution is 2.36. The third-order valence-corrected chi connectivity index (χ3v) is 6.59. The Bertz CT molecular complexity index is 1120. The maximum absolute atomic E-state index is 12.3. The quantitative estimate of drug-likeness (QED) is 0.454. The first kappa shape index (κ1) is 18.3. The van der Waals surface area contributed by atoms with Crippen LogP contribution in [0, 0.1) is 0 Å². The molecule has 0 unspecified atom stereocenters. The van der Waals surface area contributed by atoms with Crippen molar-refractivity contribution in [3.8, 4) is 0 Å². The molecule has 2 aromatic carbocycles. The van der Waals surface area contributed by atoms with Gasteiger partial charge in [0.1, 0.15) is 0 Å². The SMILES string of the molecule is O=C(CSc1nnnn1C1CC1)Nc1ccc(Cc2nc3ccccc3s2)cc1. The van der Waals surface area contributed by atoms with Gasteiger partial charge in [-0.05, 0) is 53.1 Å². The fraction of sp³-hybridized carbons (Fsp3) is 0.250. The first-order valence-electron chi connectivity index (χ1n) is 9.38. The van der Waals surface area contributed by atoms with E-state index in [4.69, 9.17) is 0 Å². The highest BCUT2D eigenvalue weighted by Gasteiger charge is 2.28. The van der Waals surface area contributed by atoms with Gasteiger partial charge in [0, 0.05) is 12.1 Å². The molecule has 7 nitrogen and oxygen atoms in total. The molecule has 29 heavy (non-hydrogen) atoms. The number of benzene rings is 2. The minimum absolute atomic E-state index is 0.0701. The second-order valence-corrected chi connectivity index (χ2v) is 8.98. The van der Waals surface area contributed by atoms with Gasteiger partial charge in [-0.25, -0.2) is 9.67 Å². The highest BCUT2D eigenvalue weighted by molar-refractivity contribution is 7.99. The number of fused-ring (bicyclic) bond motifs is 1. The van der Waals surface area contributed by atoms with E-state index in [-0.39, 0.29) is 11.7 Å². The maximum atomic E-state index is 12.3. The summed E-state index contributed by atoms with van der Waals surface area (Å²) in [5.74, 6) is 0.208. The number of hydrogen-bond acceptors (Lipinski definition) is 7. The number of hydrogen-bond donors (Lipinski definition) is 1. The molecule has 5 rings (SSSR count). The average Bonchev–Trinajstić information content (AvgIpc) is 3.32. The van der Waals surface area contributed by atoms with Gasteiger partial charge in [0.25, 0.3) is 0 Å². The Morgan fingerprint density at radius 3 is 2.79 bits per heavy atom. The molecule has 1 amide bonds. The van der Waals surface area contributed by atoms with Crippen molar-refractivity contribution in [3.05, 3.63) is 59.1 Å². The van der Waals surface area contributed by atoms with Crippen molar-refractivity contribution in [1.29, 1.82) is 0 Å². The zero-order valence-corrected chi connectivity index (χ0v) is 17.1. The first-order valence-corrected chi connectivity index (χ1v) is 11.2. The zero-order chi connectivity index (χ0) is 19.6. The molecule has 0 spiro atoms. The summed E-state index contributed by atoms with van der Waals surface area (Å²) in [6.45, 7) is 0. The van der Waals surface area contributed by atoms with E-state index in [2.05, 4.69) is 31.9 Å². The first-order chi connectivity index (χ1) is 14.2. The van der Waals surface area contributed by atoms with Crippen molar-refractivity contribution in [3.63, 3.8) is 0 Å². The molecule has 1 fully saturated rings. The summed E-state index contributed by atoms with van der Waals surface area (Å²) in [7, 11) is 0. The largest absolute Gasteiger partial charge is 0.325 e. The van der Waals surface area contributed by atoms with Gasteiger partial charge in [0.2, 0.25) is 11.1 Å². The second-order valence-electron chi connectivity index (χ2n) is 6.92. The molecule has 0 bridgehead atoms. The molecular weight excluding hydrogens is 404 g/mol. The summed E-state index contributed by atoms with van der Waals surface area (Å²) in [5, 5.41) is 16.4. The molecule has 2 heterocycles. The minimum Gasteiger partial charge on any atom is -0.325 e. The lowest BCUT2D eigenvalue weighted by Crippen LogP contribution is -2.14. The van der Waals surface area contributed by atoms with E-state index in [1.165, 1.54) is 22.0 Å². The number of rotatable bonds is 7. The molecule has 9 heteroatoms. The van der Waals surface area contributed by atoms with E-state index in [0.717, 1.165) is 35.5 Å². The van der Waals surface area contributed by atoms with Crippen LogP contribution in [0.25, 0.3) is 10.2 Å². The Labute approximate surface area is 175 Å². The summed E-state index contributed by atoms with van der Waals surface area (Å²) < 4.78 is 3.02. The van der Waals surface area contributed by atoms with Gasteiger partial charge in [0.15, 0.2) is 0 Å². The van der Waals surface area contributed by atoms with Gasteiger partial charge < -0.3 is 5.32 Å². The predicted octanol–water partition coefficient (Wildman–Crippen LogP) is 3.94. The number of tetrazole rings is 1. The molecule has 1 aliphatic carbocycles. The molecule has 4 aromatic rings. The standard InChI is InChI=1S/C20H18N6OS2/c27-18(12-28-20-23-24-25-26(20)15-9-10-15)21-14-7-5-13(6-8-14)11-19-22-16-3-1-2-4-17(16)29-19/h1-8,15H,9-12H2,(H,21,27). The number of thioether (sulfide) groups is 1. The molecule has 0 radical (unpaired) electrons. The second kappa shape index (κ2) is 7.92. The van der Waals surface area contributed by atoms with Gasteiger partial charge in [0.05, 0.1) is 27.0 Å². The van der Waals surface area contributed by atoms with Gasteiger partial charge in [-0.2, -0.15) is 0 Å². The monoisotopic (exact) mass is 422 g/mol. The molecule has 1 saturated carbocycles. The van der Waals surface area contributed by atoms with Crippen LogP contribution in [0.4, 0.5) is 5.69 Å². The zero-order valence-electron chi connectivity index (χ0n) is 15.5. The molecular formula is C20H18N6OS2. The van der Waals surface area contributed by atoms with Crippen LogP contribution in [0.1, 0.15) is 29.5 Å². The third-order valence-electron chi connectivity index (χ3n) is 4.62. The number of thiazole rings is 1. The summed E-state index contributed by atoms with van der Waals surface area (Å²) in [5.41, 5.74) is 2.99. The summed E-state index contributed by atoms with van der Waals surface area (Å²) in [6.07, 6.45) is 3.00. The van der Waals surface area contributed by atoms with Crippen molar-refractivity contribution in [2.24, 2.45) is 0 Å². The van der Waals surface area contributed by atoms with Crippen molar-refractivity contribution in [2.75, 3.05) is 11.1 Å². The van der Waals surface area contributed by atoms with Crippen molar-refractivity contribution in [1.82, 2.24) is 25.2 Å². The summed E-state index contributed by atoms with van der Waals surface area (Å²) >= 11 is 3.08. The van der Waals surface area contributed by atoms with Crippen LogP contribution in [-0.2, 0) is 11.2 Å². The number of nitrogens with one attached hydrogen (secondary N) is 1. The lowest BCUT2D eigenvalue weighted by molar-refractivity contribution is -0.113. The maximum Gasteiger partial charge on any atom is 0.234 e. The number of amides is 1. The lowest BCUT2D eigenvalue weighted by atomic mass is 10.1. The van der Waals surface area contributed by atoms with Gasteiger partial charge >= 0.3 is 0 Å². The summed E-state index contributed by atoms with van der Waals surface area (Å²) in [4.78, 5) is 16.9. The van der Waals surface area contributed by atoms with Crippen LogP contribution in [0.2, 0.25) is 0 Å². The van der Waals surface area contributed by atoms with Crippen LogP contribution >= 0.6 is 23.1 Å². The van der Waals surface area contributed by atoms with E-state index in [1.54, 1.807) is 11.3 Å². The Balaban J connectivity index is 1.16. The van der Waals surface area contributed by atoms with Gasteiger partial charge in [-0.1, -0.05) is 36.0 Å². The van der Waals surface area contributed by atoms with Crippen molar-refractivity contribution in [2.45, 2.75) is 30.5 Å². The smallest absolute Gasteiger partial charge is 0.234 e. The van der Waals surface area contributed by atoms with E-state index in [0.29, 0.717) is 11.2 Å². The number of carbonyl (C=O) groups is 1. The predicted molar refractivity (Wildman–Crippen MR) is 114 cm³/mol. The molecule has 0 saturated heterocycles. The normalized spacial score (nSPS) is 13.7. The molecule has 1 N–H and O–H groups in total. The number of anilines is 1. The number of carbonyl (C=O) groups excluding carboxylic acids is 1. The number of para-hydroxylation sites is 1. The Hall–Kier alpha value is -2.78. The van der Waals surface area contributed by atoms with Crippen LogP contribution in [0.15, 0.2) is 53.7 Å². The van der Waals surface area contributed by atoms with Crippen LogP contribution in [-0.4, -0.2) is 36.9 Å². The number of aromatic nitrogens is 5. The Kier molecular flexibility index (Phi) is 4.99. The van der Waals surface area contributed by atoms with E-state index in [9.17, 15) is 4.79 Å². The van der Waals surface area contributed by atoms with Crippen LogP contribution in [0.3, 0.4) is 0 Å². The van der Waals surface area contributed by atoms with Crippen molar-refractivity contribution >= 4 is 44.9 Å². The lowest BCUT2D eigenvalue weighted by Gasteiger charge is -2.06. The van der Waals surface area contributed by atoms with E-state index >= 15 is 0 Å². The Morgan fingerprint density at radius 2 is 2.00 bits per heavy atom. The molecule has 146 valence electrons. The average molecular weight is 423 g/mol. The number of nitrogens with zero attached hydrogens (tertiary/aromatic N) is 5. The van der Waals surface area contributed by atoms with Crippen LogP contribution < -0.4 is 5.32 Å². The molecule has 1 aliphatic rings. The third kappa shape index (κ3) is 4.30. The van der Waals surface area contributed by atoms with E-state index in [1.807, 2.05) is 47.1 Å². The topological polar surface area (TPSA) is 85.6 Å². The highest BCUT2D eigenvalue weighted by atomic mass is 32.2. The molecule has 0 atom stereocenters. The molecule has 2 aromatic heterocycles.